The second-order valence-electron chi connectivity index (χ2n) is 5.57. The first kappa shape index (κ1) is 15.2. The standard InChI is InChI=1S/C18H13F2N5/c1-25-10-11(9-21-25)17-23-16-5-3-2-4-13(16)18(24-17)22-12-6-7-14(19)15(20)8-12/h2-10H,1H3,(H,22,23,24). The van der Waals surface area contributed by atoms with E-state index in [0.29, 0.717) is 17.3 Å². The number of hydrogen-bond acceptors (Lipinski definition) is 4. The van der Waals surface area contributed by atoms with E-state index >= 15 is 0 Å². The molecule has 7 heteroatoms. The normalized spacial score (nSPS) is 11.0. The molecular formula is C18H13F2N5. The Hall–Kier alpha value is -3.35. The molecule has 1 N–H and O–H groups in total. The highest BCUT2D eigenvalue weighted by atomic mass is 19.2. The van der Waals surface area contributed by atoms with Crippen LogP contribution in [0.3, 0.4) is 0 Å². The molecule has 0 aliphatic rings. The zero-order valence-electron chi connectivity index (χ0n) is 13.2. The summed E-state index contributed by atoms with van der Waals surface area (Å²) in [4.78, 5) is 9.09. The van der Waals surface area contributed by atoms with Crippen LogP contribution in [0.15, 0.2) is 54.9 Å². The summed E-state index contributed by atoms with van der Waals surface area (Å²) in [7, 11) is 1.81. The largest absolute Gasteiger partial charge is 0.340 e. The summed E-state index contributed by atoms with van der Waals surface area (Å²) in [6.45, 7) is 0. The van der Waals surface area contributed by atoms with Gasteiger partial charge in [-0.25, -0.2) is 18.7 Å². The van der Waals surface area contributed by atoms with Gasteiger partial charge in [-0.1, -0.05) is 12.1 Å². The minimum atomic E-state index is -0.921. The van der Waals surface area contributed by atoms with E-state index < -0.39 is 11.6 Å². The molecule has 25 heavy (non-hydrogen) atoms. The number of nitrogens with zero attached hydrogens (tertiary/aromatic N) is 4. The van der Waals surface area contributed by atoms with Crippen LogP contribution in [0.2, 0.25) is 0 Å². The number of fused-ring (bicyclic) bond motifs is 1. The molecule has 0 aliphatic heterocycles. The lowest BCUT2D eigenvalue weighted by molar-refractivity contribution is 0.509. The molecule has 0 aliphatic carbocycles. The van der Waals surface area contributed by atoms with Crippen LogP contribution >= 0.6 is 0 Å². The van der Waals surface area contributed by atoms with Gasteiger partial charge in [0.2, 0.25) is 0 Å². The Kier molecular flexibility index (Phi) is 3.61. The summed E-state index contributed by atoms with van der Waals surface area (Å²) in [5, 5.41) is 7.96. The number of benzene rings is 2. The molecule has 0 radical (unpaired) electrons. The van der Waals surface area contributed by atoms with Gasteiger partial charge in [0.15, 0.2) is 17.5 Å². The third kappa shape index (κ3) is 2.91. The van der Waals surface area contributed by atoms with Crippen molar-refractivity contribution in [3.63, 3.8) is 0 Å². The maximum absolute atomic E-state index is 13.5. The number of aryl methyl sites for hydroxylation is 1. The predicted molar refractivity (Wildman–Crippen MR) is 91.4 cm³/mol. The maximum atomic E-state index is 13.5. The maximum Gasteiger partial charge on any atom is 0.165 e. The molecule has 0 bridgehead atoms. The van der Waals surface area contributed by atoms with Crippen molar-refractivity contribution in [2.24, 2.45) is 7.05 Å². The Balaban J connectivity index is 1.84. The number of nitrogens with one attached hydrogen (secondary N) is 1. The Labute approximate surface area is 142 Å². The first-order valence-corrected chi connectivity index (χ1v) is 7.58. The van der Waals surface area contributed by atoms with E-state index in [0.717, 1.165) is 28.6 Å². The Morgan fingerprint density at radius 3 is 2.60 bits per heavy atom. The van der Waals surface area contributed by atoms with Crippen LogP contribution < -0.4 is 5.32 Å². The van der Waals surface area contributed by atoms with Crippen LogP contribution in [-0.2, 0) is 7.05 Å². The van der Waals surface area contributed by atoms with E-state index in [4.69, 9.17) is 0 Å². The molecule has 4 aromatic rings. The molecule has 2 heterocycles. The summed E-state index contributed by atoms with van der Waals surface area (Å²) in [6.07, 6.45) is 3.48. The Morgan fingerprint density at radius 1 is 1.00 bits per heavy atom. The first-order valence-electron chi connectivity index (χ1n) is 7.58. The average molecular weight is 337 g/mol. The van der Waals surface area contributed by atoms with E-state index in [2.05, 4.69) is 20.4 Å². The Bertz CT molecular complexity index is 1070. The van der Waals surface area contributed by atoms with E-state index in [-0.39, 0.29) is 0 Å². The van der Waals surface area contributed by atoms with Crippen LogP contribution in [0.5, 0.6) is 0 Å². The van der Waals surface area contributed by atoms with E-state index in [1.807, 2.05) is 37.5 Å². The summed E-state index contributed by atoms with van der Waals surface area (Å²) < 4.78 is 28.3. The quantitative estimate of drug-likeness (QED) is 0.613. The van der Waals surface area contributed by atoms with Crippen molar-refractivity contribution < 1.29 is 8.78 Å². The summed E-state index contributed by atoms with van der Waals surface area (Å²) in [5.41, 5.74) is 1.91. The van der Waals surface area contributed by atoms with Gasteiger partial charge < -0.3 is 5.32 Å². The predicted octanol–water partition coefficient (Wildman–Crippen LogP) is 4.05. The van der Waals surface area contributed by atoms with Crippen molar-refractivity contribution in [3.05, 3.63) is 66.5 Å². The molecule has 0 saturated heterocycles. The average Bonchev–Trinajstić information content (AvgIpc) is 3.04. The number of rotatable bonds is 3. The van der Waals surface area contributed by atoms with Crippen LogP contribution in [0.25, 0.3) is 22.3 Å². The van der Waals surface area contributed by atoms with Crippen molar-refractivity contribution in [1.29, 1.82) is 0 Å². The molecule has 2 aromatic heterocycles. The van der Waals surface area contributed by atoms with E-state index in [1.165, 1.54) is 6.07 Å². The van der Waals surface area contributed by atoms with Gasteiger partial charge in [0.05, 0.1) is 17.3 Å². The van der Waals surface area contributed by atoms with Gasteiger partial charge in [-0.15, -0.1) is 0 Å². The molecule has 0 atom stereocenters. The lowest BCUT2D eigenvalue weighted by Crippen LogP contribution is -2.00. The molecule has 0 spiro atoms. The number of anilines is 2. The van der Waals surface area contributed by atoms with Gasteiger partial charge in [0.1, 0.15) is 5.82 Å². The zero-order valence-corrected chi connectivity index (χ0v) is 13.2. The van der Waals surface area contributed by atoms with Gasteiger partial charge in [-0.3, -0.25) is 4.68 Å². The van der Waals surface area contributed by atoms with Crippen molar-refractivity contribution in [2.45, 2.75) is 0 Å². The van der Waals surface area contributed by atoms with Crippen LogP contribution in [0.4, 0.5) is 20.3 Å². The fourth-order valence-electron chi connectivity index (χ4n) is 2.55. The minimum absolute atomic E-state index is 0.403. The molecule has 0 amide bonds. The smallest absolute Gasteiger partial charge is 0.165 e. The first-order chi connectivity index (χ1) is 12.1. The van der Waals surface area contributed by atoms with Crippen molar-refractivity contribution in [3.8, 4) is 11.4 Å². The molecule has 0 fully saturated rings. The summed E-state index contributed by atoms with van der Waals surface area (Å²) in [6, 6.07) is 11.1. The highest BCUT2D eigenvalue weighted by Crippen LogP contribution is 2.27. The molecule has 0 unspecified atom stereocenters. The molecular weight excluding hydrogens is 324 g/mol. The van der Waals surface area contributed by atoms with Crippen LogP contribution in [-0.4, -0.2) is 19.7 Å². The van der Waals surface area contributed by atoms with E-state index in [9.17, 15) is 8.78 Å². The van der Waals surface area contributed by atoms with Crippen LogP contribution in [0, 0.1) is 11.6 Å². The summed E-state index contributed by atoms with van der Waals surface area (Å²) >= 11 is 0. The van der Waals surface area contributed by atoms with Gasteiger partial charge in [0, 0.05) is 30.4 Å². The molecule has 5 nitrogen and oxygen atoms in total. The third-order valence-electron chi connectivity index (χ3n) is 3.75. The monoisotopic (exact) mass is 337 g/mol. The fourth-order valence-corrected chi connectivity index (χ4v) is 2.55. The van der Waals surface area contributed by atoms with Gasteiger partial charge in [0.25, 0.3) is 0 Å². The molecule has 4 rings (SSSR count). The highest BCUT2D eigenvalue weighted by Gasteiger charge is 2.11. The fraction of sp³-hybridized carbons (Fsp3) is 0.0556. The van der Waals surface area contributed by atoms with E-state index in [1.54, 1.807) is 10.9 Å². The van der Waals surface area contributed by atoms with Crippen molar-refractivity contribution in [1.82, 2.24) is 19.7 Å². The number of para-hydroxylation sites is 1. The van der Waals surface area contributed by atoms with Gasteiger partial charge >= 0.3 is 0 Å². The molecule has 124 valence electrons. The lowest BCUT2D eigenvalue weighted by Gasteiger charge is -2.10. The number of halogens is 2. The number of hydrogen-bond donors (Lipinski definition) is 1. The van der Waals surface area contributed by atoms with Crippen LogP contribution in [0.1, 0.15) is 0 Å². The molecule has 0 saturated carbocycles. The molecule has 2 aromatic carbocycles. The van der Waals surface area contributed by atoms with Gasteiger partial charge in [-0.2, -0.15) is 5.10 Å². The second-order valence-corrected chi connectivity index (χ2v) is 5.57. The highest BCUT2D eigenvalue weighted by molar-refractivity contribution is 5.92. The van der Waals surface area contributed by atoms with Crippen molar-refractivity contribution in [2.75, 3.05) is 5.32 Å². The minimum Gasteiger partial charge on any atom is -0.340 e. The van der Waals surface area contributed by atoms with Crippen molar-refractivity contribution >= 4 is 22.4 Å². The summed E-state index contributed by atoms with van der Waals surface area (Å²) in [5.74, 6) is -0.808. The lowest BCUT2D eigenvalue weighted by atomic mass is 10.2. The number of aromatic nitrogens is 4. The van der Waals surface area contributed by atoms with Gasteiger partial charge in [-0.05, 0) is 24.3 Å². The zero-order chi connectivity index (χ0) is 17.4. The second kappa shape index (κ2) is 5.94. The Morgan fingerprint density at radius 2 is 1.84 bits per heavy atom. The topological polar surface area (TPSA) is 55.6 Å². The third-order valence-corrected chi connectivity index (χ3v) is 3.75. The SMILES string of the molecule is Cn1cc(-c2nc(Nc3ccc(F)c(F)c3)c3ccccc3n2)cn1.